The molecule has 0 aliphatic heterocycles. The van der Waals surface area contributed by atoms with Crippen LogP contribution in [0.25, 0.3) is 0 Å². The Morgan fingerprint density at radius 1 is 1.26 bits per heavy atom. The third-order valence-corrected chi connectivity index (χ3v) is 3.28. The molecule has 1 unspecified atom stereocenters. The first-order valence-electron chi connectivity index (χ1n) is 7.76. The molecule has 0 fully saturated rings. The van der Waals surface area contributed by atoms with Crippen molar-refractivity contribution in [1.82, 2.24) is 5.48 Å². The van der Waals surface area contributed by atoms with Crippen molar-refractivity contribution in [2.75, 3.05) is 5.73 Å². The number of carbonyl (C=O) groups excluding carboxylic acids is 2. The number of nitrogen functional groups attached to an aromatic ring is 1. The van der Waals surface area contributed by atoms with Crippen LogP contribution in [-0.4, -0.2) is 17.7 Å². The molecule has 1 rings (SSSR count). The van der Waals surface area contributed by atoms with Crippen molar-refractivity contribution in [2.45, 2.75) is 52.6 Å². The summed E-state index contributed by atoms with van der Waals surface area (Å²) < 4.78 is 5.00. The number of hydroxylamine groups is 1. The van der Waals surface area contributed by atoms with Crippen molar-refractivity contribution in [2.24, 2.45) is 5.92 Å². The van der Waals surface area contributed by atoms with E-state index in [1.54, 1.807) is 20.8 Å². The summed E-state index contributed by atoms with van der Waals surface area (Å²) in [5.41, 5.74) is 8.98. The highest BCUT2D eigenvalue weighted by molar-refractivity contribution is 5.75. The van der Waals surface area contributed by atoms with E-state index in [0.29, 0.717) is 24.9 Å². The van der Waals surface area contributed by atoms with Gasteiger partial charge in [0.25, 0.3) is 0 Å². The fraction of sp³-hybridized carbons (Fsp3) is 0.529. The van der Waals surface area contributed by atoms with E-state index in [1.165, 1.54) is 0 Å². The van der Waals surface area contributed by atoms with Gasteiger partial charge < -0.3 is 15.3 Å². The number of rotatable bonds is 5. The summed E-state index contributed by atoms with van der Waals surface area (Å²) >= 11 is 0. The minimum Gasteiger partial charge on any atom is -0.442 e. The number of hydrogen-bond acceptors (Lipinski definition) is 5. The number of benzene rings is 1. The summed E-state index contributed by atoms with van der Waals surface area (Å²) in [7, 11) is 0. The van der Waals surface area contributed by atoms with Gasteiger partial charge in [0.05, 0.1) is 5.92 Å². The number of anilines is 1. The topological polar surface area (TPSA) is 90.7 Å². The van der Waals surface area contributed by atoms with Crippen LogP contribution in [-0.2, 0) is 20.8 Å². The van der Waals surface area contributed by atoms with Crippen molar-refractivity contribution in [3.05, 3.63) is 29.8 Å². The zero-order chi connectivity index (χ0) is 17.5. The molecule has 0 saturated heterocycles. The molecule has 23 heavy (non-hydrogen) atoms. The molecular weight excluding hydrogens is 296 g/mol. The van der Waals surface area contributed by atoms with E-state index >= 15 is 0 Å². The van der Waals surface area contributed by atoms with Crippen molar-refractivity contribution in [3.8, 4) is 0 Å². The standard InChI is InChI=1S/C17H26N2O4/c1-5-12(10-11-13-8-6-7-9-14(13)18)15(20)23-19-16(21)22-17(2,3)4/h6-9,12H,5,10-11,18H2,1-4H3,(H,19,21). The Morgan fingerprint density at radius 2 is 1.91 bits per heavy atom. The number of amides is 1. The Morgan fingerprint density at radius 3 is 2.48 bits per heavy atom. The molecule has 0 aromatic heterocycles. The van der Waals surface area contributed by atoms with E-state index in [2.05, 4.69) is 0 Å². The highest BCUT2D eigenvalue weighted by atomic mass is 16.7. The number of para-hydroxylation sites is 1. The Balaban J connectivity index is 2.46. The van der Waals surface area contributed by atoms with Gasteiger partial charge in [0, 0.05) is 5.69 Å². The maximum absolute atomic E-state index is 12.0. The Kier molecular flexibility index (Phi) is 6.88. The first-order valence-corrected chi connectivity index (χ1v) is 7.76. The second-order valence-corrected chi connectivity index (χ2v) is 6.37. The Bertz CT molecular complexity index is 538. The van der Waals surface area contributed by atoms with E-state index in [1.807, 2.05) is 36.7 Å². The summed E-state index contributed by atoms with van der Waals surface area (Å²) in [4.78, 5) is 28.3. The molecule has 0 heterocycles. The largest absolute Gasteiger partial charge is 0.442 e. The Hall–Kier alpha value is -2.24. The van der Waals surface area contributed by atoms with Gasteiger partial charge in [0.15, 0.2) is 0 Å². The molecule has 1 aromatic carbocycles. The number of hydrogen-bond donors (Lipinski definition) is 2. The first kappa shape index (κ1) is 18.8. The molecule has 6 heteroatoms. The highest BCUT2D eigenvalue weighted by Crippen LogP contribution is 2.18. The van der Waals surface area contributed by atoms with Crippen molar-refractivity contribution >= 4 is 17.7 Å². The average molecular weight is 322 g/mol. The number of aryl methyl sites for hydroxylation is 1. The molecule has 3 N–H and O–H groups in total. The van der Waals surface area contributed by atoms with Crippen molar-refractivity contribution < 1.29 is 19.2 Å². The van der Waals surface area contributed by atoms with E-state index in [9.17, 15) is 9.59 Å². The molecule has 0 saturated carbocycles. The van der Waals surface area contributed by atoms with Gasteiger partial charge in [-0.3, -0.25) is 0 Å². The highest BCUT2D eigenvalue weighted by Gasteiger charge is 2.22. The van der Waals surface area contributed by atoms with Gasteiger partial charge in [0.2, 0.25) is 0 Å². The third kappa shape index (κ3) is 7.04. The van der Waals surface area contributed by atoms with Gasteiger partial charge in [-0.1, -0.05) is 25.1 Å². The molecular formula is C17H26N2O4. The molecule has 0 radical (unpaired) electrons. The minimum absolute atomic E-state index is 0.315. The van der Waals surface area contributed by atoms with Gasteiger partial charge in [-0.05, 0) is 51.7 Å². The van der Waals surface area contributed by atoms with Crippen LogP contribution in [0.15, 0.2) is 24.3 Å². The summed E-state index contributed by atoms with van der Waals surface area (Å²) in [5, 5.41) is 0. The van der Waals surface area contributed by atoms with Crippen LogP contribution < -0.4 is 11.2 Å². The second-order valence-electron chi connectivity index (χ2n) is 6.37. The van der Waals surface area contributed by atoms with Crippen LogP contribution in [0.1, 0.15) is 46.1 Å². The zero-order valence-corrected chi connectivity index (χ0v) is 14.2. The maximum Gasteiger partial charge on any atom is 0.441 e. The zero-order valence-electron chi connectivity index (χ0n) is 14.2. The minimum atomic E-state index is -0.784. The van der Waals surface area contributed by atoms with E-state index < -0.39 is 17.7 Å². The number of carbonyl (C=O) groups is 2. The smallest absolute Gasteiger partial charge is 0.441 e. The predicted molar refractivity (Wildman–Crippen MR) is 88.4 cm³/mol. The fourth-order valence-corrected chi connectivity index (χ4v) is 2.05. The molecule has 0 aliphatic rings. The van der Waals surface area contributed by atoms with Crippen LogP contribution in [0.3, 0.4) is 0 Å². The number of ether oxygens (including phenoxy) is 1. The lowest BCUT2D eigenvalue weighted by molar-refractivity contribution is -0.155. The van der Waals surface area contributed by atoms with E-state index in [-0.39, 0.29) is 5.92 Å². The summed E-state index contributed by atoms with van der Waals surface area (Å²) in [6.45, 7) is 7.09. The van der Waals surface area contributed by atoms with E-state index in [4.69, 9.17) is 15.3 Å². The second kappa shape index (κ2) is 8.41. The van der Waals surface area contributed by atoms with Crippen LogP contribution >= 0.6 is 0 Å². The Labute approximate surface area is 137 Å². The summed E-state index contributed by atoms with van der Waals surface area (Å²) in [5.74, 6) is -0.794. The molecule has 1 aromatic rings. The van der Waals surface area contributed by atoms with Crippen LogP contribution in [0.5, 0.6) is 0 Å². The van der Waals surface area contributed by atoms with E-state index in [0.717, 1.165) is 5.56 Å². The van der Waals surface area contributed by atoms with Crippen LogP contribution in [0.4, 0.5) is 10.5 Å². The molecule has 0 spiro atoms. The quantitative estimate of drug-likeness (QED) is 0.641. The SMILES string of the molecule is CCC(CCc1ccccc1N)C(=O)ONC(=O)OC(C)(C)C. The fourth-order valence-electron chi connectivity index (χ4n) is 2.05. The monoisotopic (exact) mass is 322 g/mol. The summed E-state index contributed by atoms with van der Waals surface area (Å²) in [6.07, 6.45) is 1.10. The van der Waals surface area contributed by atoms with Gasteiger partial charge >= 0.3 is 12.1 Å². The lowest BCUT2D eigenvalue weighted by Crippen LogP contribution is -2.35. The normalized spacial score (nSPS) is 12.3. The lowest BCUT2D eigenvalue weighted by atomic mass is 9.96. The van der Waals surface area contributed by atoms with Crippen molar-refractivity contribution in [1.29, 1.82) is 0 Å². The molecule has 0 aliphatic carbocycles. The first-order chi connectivity index (χ1) is 10.7. The van der Waals surface area contributed by atoms with Gasteiger partial charge in [-0.2, -0.15) is 0 Å². The molecule has 6 nitrogen and oxygen atoms in total. The van der Waals surface area contributed by atoms with Crippen LogP contribution in [0.2, 0.25) is 0 Å². The molecule has 128 valence electrons. The van der Waals surface area contributed by atoms with Crippen LogP contribution in [0, 0.1) is 5.92 Å². The maximum atomic E-state index is 12.0. The average Bonchev–Trinajstić information content (AvgIpc) is 2.45. The summed E-state index contributed by atoms with van der Waals surface area (Å²) in [6, 6.07) is 7.55. The lowest BCUT2D eigenvalue weighted by Gasteiger charge is -2.20. The number of nitrogens with one attached hydrogen (secondary N) is 1. The van der Waals surface area contributed by atoms with Gasteiger partial charge in [-0.15, -0.1) is 5.48 Å². The van der Waals surface area contributed by atoms with Crippen molar-refractivity contribution in [3.63, 3.8) is 0 Å². The molecule has 1 atom stereocenters. The third-order valence-electron chi connectivity index (χ3n) is 3.28. The molecule has 1 amide bonds. The predicted octanol–water partition coefficient (Wildman–Crippen LogP) is 3.21. The van der Waals surface area contributed by atoms with Gasteiger partial charge in [-0.25, -0.2) is 9.59 Å². The number of nitrogens with two attached hydrogens (primary N) is 1. The van der Waals surface area contributed by atoms with Gasteiger partial charge in [0.1, 0.15) is 5.60 Å². The molecule has 0 bridgehead atoms.